The molecular formula is C10H11BrO3. The van der Waals surface area contributed by atoms with Crippen molar-refractivity contribution in [3.63, 3.8) is 0 Å². The Labute approximate surface area is 90.5 Å². The molecule has 1 aromatic carbocycles. The van der Waals surface area contributed by atoms with Crippen molar-refractivity contribution in [1.82, 2.24) is 0 Å². The van der Waals surface area contributed by atoms with Crippen LogP contribution in [0.2, 0.25) is 0 Å². The van der Waals surface area contributed by atoms with Crippen molar-refractivity contribution in [1.29, 1.82) is 0 Å². The summed E-state index contributed by atoms with van der Waals surface area (Å²) in [7, 11) is 0. The van der Waals surface area contributed by atoms with E-state index in [2.05, 4.69) is 15.9 Å². The lowest BCUT2D eigenvalue weighted by Gasteiger charge is -2.11. The number of aliphatic carboxylic acids is 1. The fraction of sp³-hybridized carbons (Fsp3) is 0.300. The van der Waals surface area contributed by atoms with E-state index >= 15 is 0 Å². The molecule has 14 heavy (non-hydrogen) atoms. The standard InChI is InChI=1S/C10H11BrO3/c1-5-3-7(6(2)10(13)14)9(12)8(11)4-5/h3-4,6,12H,1-2H3,(H,13,14). The molecule has 0 spiro atoms. The van der Waals surface area contributed by atoms with Crippen molar-refractivity contribution in [3.05, 3.63) is 27.7 Å². The molecule has 0 saturated carbocycles. The second-order valence-corrected chi connectivity index (χ2v) is 4.10. The van der Waals surface area contributed by atoms with Gasteiger partial charge in [0.1, 0.15) is 5.75 Å². The summed E-state index contributed by atoms with van der Waals surface area (Å²) in [5.41, 5.74) is 1.35. The predicted molar refractivity (Wildman–Crippen MR) is 56.6 cm³/mol. The average molecular weight is 259 g/mol. The van der Waals surface area contributed by atoms with E-state index in [1.807, 2.05) is 6.92 Å². The van der Waals surface area contributed by atoms with Crippen molar-refractivity contribution >= 4 is 21.9 Å². The number of rotatable bonds is 2. The molecule has 0 saturated heterocycles. The highest BCUT2D eigenvalue weighted by molar-refractivity contribution is 9.10. The second-order valence-electron chi connectivity index (χ2n) is 3.24. The first-order chi connectivity index (χ1) is 6.43. The van der Waals surface area contributed by atoms with E-state index in [0.29, 0.717) is 10.0 Å². The molecule has 4 heteroatoms. The maximum absolute atomic E-state index is 10.7. The van der Waals surface area contributed by atoms with Crippen LogP contribution in [-0.2, 0) is 4.79 Å². The summed E-state index contributed by atoms with van der Waals surface area (Å²) in [5, 5.41) is 18.4. The van der Waals surface area contributed by atoms with Crippen molar-refractivity contribution in [2.45, 2.75) is 19.8 Å². The van der Waals surface area contributed by atoms with Crippen molar-refractivity contribution in [2.24, 2.45) is 0 Å². The average Bonchev–Trinajstić information content (AvgIpc) is 2.09. The Hall–Kier alpha value is -1.03. The molecule has 1 unspecified atom stereocenters. The molecule has 0 heterocycles. The maximum atomic E-state index is 10.7. The van der Waals surface area contributed by atoms with Crippen LogP contribution in [0.15, 0.2) is 16.6 Å². The van der Waals surface area contributed by atoms with Gasteiger partial charge in [0.05, 0.1) is 10.4 Å². The van der Waals surface area contributed by atoms with Crippen LogP contribution in [0.25, 0.3) is 0 Å². The minimum absolute atomic E-state index is 0.00509. The summed E-state index contributed by atoms with van der Waals surface area (Å²) in [5.74, 6) is -1.64. The number of hydrogen-bond donors (Lipinski definition) is 2. The quantitative estimate of drug-likeness (QED) is 0.858. The number of phenols is 1. The first-order valence-corrected chi connectivity index (χ1v) is 4.94. The fourth-order valence-corrected chi connectivity index (χ4v) is 1.81. The predicted octanol–water partition coefficient (Wildman–Crippen LogP) is 2.65. The van der Waals surface area contributed by atoms with E-state index in [1.54, 1.807) is 19.1 Å². The van der Waals surface area contributed by atoms with Gasteiger partial charge in [-0.3, -0.25) is 4.79 Å². The number of aromatic hydroxyl groups is 1. The third kappa shape index (κ3) is 2.07. The van der Waals surface area contributed by atoms with Gasteiger partial charge in [-0.25, -0.2) is 0 Å². The summed E-state index contributed by atoms with van der Waals surface area (Å²) >= 11 is 3.17. The molecule has 0 amide bonds. The van der Waals surface area contributed by atoms with Crippen LogP contribution in [-0.4, -0.2) is 16.2 Å². The number of phenolic OH excluding ortho intramolecular Hbond substituents is 1. The summed E-state index contributed by atoms with van der Waals surface area (Å²) in [6, 6.07) is 3.42. The van der Waals surface area contributed by atoms with Crippen molar-refractivity contribution < 1.29 is 15.0 Å². The minimum Gasteiger partial charge on any atom is -0.506 e. The van der Waals surface area contributed by atoms with Crippen LogP contribution in [0.1, 0.15) is 24.0 Å². The highest BCUT2D eigenvalue weighted by Gasteiger charge is 2.19. The summed E-state index contributed by atoms with van der Waals surface area (Å²) in [6.45, 7) is 3.39. The Balaban J connectivity index is 3.26. The molecule has 0 aromatic heterocycles. The third-order valence-electron chi connectivity index (χ3n) is 2.07. The van der Waals surface area contributed by atoms with Crippen LogP contribution in [0, 0.1) is 6.92 Å². The summed E-state index contributed by atoms with van der Waals surface area (Å²) in [4.78, 5) is 10.7. The first kappa shape index (κ1) is 11.0. The molecule has 2 N–H and O–H groups in total. The van der Waals surface area contributed by atoms with Gasteiger partial charge in [-0.2, -0.15) is 0 Å². The Morgan fingerprint density at radius 3 is 2.57 bits per heavy atom. The second kappa shape index (κ2) is 4.00. The van der Waals surface area contributed by atoms with Crippen LogP contribution in [0.4, 0.5) is 0 Å². The van der Waals surface area contributed by atoms with Crippen LogP contribution < -0.4 is 0 Å². The lowest BCUT2D eigenvalue weighted by atomic mass is 9.98. The SMILES string of the molecule is Cc1cc(Br)c(O)c(C(C)C(=O)O)c1. The molecule has 1 rings (SSSR count). The lowest BCUT2D eigenvalue weighted by Crippen LogP contribution is -2.08. The zero-order valence-electron chi connectivity index (χ0n) is 7.91. The third-order valence-corrected chi connectivity index (χ3v) is 2.68. The van der Waals surface area contributed by atoms with Crippen LogP contribution >= 0.6 is 15.9 Å². The summed E-state index contributed by atoms with van der Waals surface area (Å²) < 4.78 is 0.528. The van der Waals surface area contributed by atoms with Gasteiger partial charge in [0.2, 0.25) is 0 Å². The molecule has 3 nitrogen and oxygen atoms in total. The van der Waals surface area contributed by atoms with Gasteiger partial charge < -0.3 is 10.2 Å². The first-order valence-electron chi connectivity index (χ1n) is 4.15. The van der Waals surface area contributed by atoms with E-state index in [4.69, 9.17) is 5.11 Å². The molecule has 0 radical (unpaired) electrons. The maximum Gasteiger partial charge on any atom is 0.310 e. The van der Waals surface area contributed by atoms with Gasteiger partial charge >= 0.3 is 5.97 Å². The zero-order valence-corrected chi connectivity index (χ0v) is 9.50. The van der Waals surface area contributed by atoms with E-state index < -0.39 is 11.9 Å². The Morgan fingerprint density at radius 2 is 2.07 bits per heavy atom. The normalized spacial score (nSPS) is 12.5. The van der Waals surface area contributed by atoms with Gasteiger partial charge in [0, 0.05) is 5.56 Å². The van der Waals surface area contributed by atoms with Crippen LogP contribution in [0.3, 0.4) is 0 Å². The molecule has 0 aliphatic carbocycles. The largest absolute Gasteiger partial charge is 0.506 e. The Kier molecular flexibility index (Phi) is 3.16. The van der Waals surface area contributed by atoms with Gasteiger partial charge in [-0.05, 0) is 41.4 Å². The zero-order chi connectivity index (χ0) is 10.9. The van der Waals surface area contributed by atoms with E-state index in [-0.39, 0.29) is 5.75 Å². The minimum atomic E-state index is -0.946. The topological polar surface area (TPSA) is 57.5 Å². The van der Waals surface area contributed by atoms with E-state index in [9.17, 15) is 9.90 Å². The molecule has 0 aliphatic heterocycles. The van der Waals surface area contributed by atoms with Gasteiger partial charge in [0.15, 0.2) is 0 Å². The number of hydrogen-bond acceptors (Lipinski definition) is 2. The van der Waals surface area contributed by atoms with Gasteiger partial charge in [-0.1, -0.05) is 6.07 Å². The Bertz CT molecular complexity index is 374. The molecule has 0 aliphatic rings. The number of carbonyl (C=O) groups is 1. The highest BCUT2D eigenvalue weighted by atomic mass is 79.9. The van der Waals surface area contributed by atoms with Gasteiger partial charge in [0.25, 0.3) is 0 Å². The molecule has 1 atom stereocenters. The number of carboxylic acid groups (broad SMARTS) is 1. The monoisotopic (exact) mass is 258 g/mol. The van der Waals surface area contributed by atoms with E-state index in [0.717, 1.165) is 5.56 Å². The number of aryl methyl sites for hydroxylation is 1. The highest BCUT2D eigenvalue weighted by Crippen LogP contribution is 2.34. The number of benzene rings is 1. The molecule has 1 aromatic rings. The number of carboxylic acids is 1. The van der Waals surface area contributed by atoms with Crippen LogP contribution in [0.5, 0.6) is 5.75 Å². The molecule has 0 fully saturated rings. The van der Waals surface area contributed by atoms with E-state index in [1.165, 1.54) is 0 Å². The number of halogens is 1. The van der Waals surface area contributed by atoms with Crippen molar-refractivity contribution in [2.75, 3.05) is 0 Å². The van der Waals surface area contributed by atoms with Crippen molar-refractivity contribution in [3.8, 4) is 5.75 Å². The molecule has 76 valence electrons. The Morgan fingerprint density at radius 1 is 1.50 bits per heavy atom. The lowest BCUT2D eigenvalue weighted by molar-refractivity contribution is -0.138. The molecule has 0 bridgehead atoms. The molecular weight excluding hydrogens is 248 g/mol. The summed E-state index contributed by atoms with van der Waals surface area (Å²) in [6.07, 6.45) is 0. The van der Waals surface area contributed by atoms with Gasteiger partial charge in [-0.15, -0.1) is 0 Å². The smallest absolute Gasteiger partial charge is 0.310 e. The fourth-order valence-electron chi connectivity index (χ4n) is 1.22.